The number of aromatic nitrogens is 2. The summed E-state index contributed by atoms with van der Waals surface area (Å²) >= 11 is 0. The summed E-state index contributed by atoms with van der Waals surface area (Å²) in [5.41, 5.74) is 4.67. The number of aryl methyl sites for hydroxylation is 1. The number of hydrogen-bond donors (Lipinski definition) is 0. The predicted molar refractivity (Wildman–Crippen MR) is 111 cm³/mol. The van der Waals surface area contributed by atoms with Gasteiger partial charge in [-0.2, -0.15) is 5.10 Å². The number of rotatable bonds is 6. The molecule has 0 N–H and O–H groups in total. The van der Waals surface area contributed by atoms with E-state index in [1.165, 1.54) is 32.1 Å². The lowest BCUT2D eigenvalue weighted by atomic mass is 9.96. The number of benzene rings is 2. The van der Waals surface area contributed by atoms with Gasteiger partial charge in [0, 0.05) is 11.8 Å². The fourth-order valence-electron chi connectivity index (χ4n) is 4.01. The summed E-state index contributed by atoms with van der Waals surface area (Å²) in [7, 11) is 0. The zero-order valence-electron chi connectivity index (χ0n) is 16.3. The van der Waals surface area contributed by atoms with E-state index in [0.717, 1.165) is 28.5 Å². The second kappa shape index (κ2) is 8.42. The largest absolute Gasteiger partial charge is 0.488 e. The van der Waals surface area contributed by atoms with Gasteiger partial charge in [-0.15, -0.1) is 0 Å². The van der Waals surface area contributed by atoms with Crippen LogP contribution in [0.15, 0.2) is 54.9 Å². The molecule has 0 atom stereocenters. The maximum atomic E-state index is 11.7. The summed E-state index contributed by atoms with van der Waals surface area (Å²) in [6, 6.07) is 14.5. The van der Waals surface area contributed by atoms with Crippen molar-refractivity contribution in [1.29, 1.82) is 0 Å². The van der Waals surface area contributed by atoms with Gasteiger partial charge < -0.3 is 4.74 Å². The van der Waals surface area contributed by atoms with E-state index in [4.69, 9.17) is 4.74 Å². The van der Waals surface area contributed by atoms with E-state index in [9.17, 15) is 4.79 Å². The summed E-state index contributed by atoms with van der Waals surface area (Å²) < 4.78 is 8.09. The van der Waals surface area contributed by atoms with Crippen LogP contribution in [0.1, 0.15) is 59.6 Å². The monoisotopic (exact) mass is 374 g/mol. The molecular weight excluding hydrogens is 348 g/mol. The van der Waals surface area contributed by atoms with Crippen LogP contribution in [0.3, 0.4) is 0 Å². The molecule has 1 aliphatic carbocycles. The zero-order valence-corrected chi connectivity index (χ0v) is 16.3. The minimum absolute atomic E-state index is 0.446. The first-order valence-corrected chi connectivity index (χ1v) is 10.1. The molecule has 1 heterocycles. The van der Waals surface area contributed by atoms with Gasteiger partial charge in [0.25, 0.3) is 0 Å². The van der Waals surface area contributed by atoms with E-state index in [2.05, 4.69) is 22.0 Å². The molecule has 1 aromatic heterocycles. The highest BCUT2D eigenvalue weighted by molar-refractivity contribution is 5.84. The summed E-state index contributed by atoms with van der Waals surface area (Å²) in [6.45, 7) is 2.43. The Bertz CT molecular complexity index is 940. The van der Waals surface area contributed by atoms with E-state index in [1.54, 1.807) is 0 Å². The van der Waals surface area contributed by atoms with E-state index in [1.807, 2.05) is 49.5 Å². The third kappa shape index (κ3) is 4.01. The van der Waals surface area contributed by atoms with Gasteiger partial charge in [-0.05, 0) is 48.6 Å². The van der Waals surface area contributed by atoms with Crippen LogP contribution in [0.5, 0.6) is 5.75 Å². The predicted octanol–water partition coefficient (Wildman–Crippen LogP) is 5.76. The van der Waals surface area contributed by atoms with Crippen molar-refractivity contribution in [1.82, 2.24) is 9.78 Å². The average molecular weight is 374 g/mol. The number of ether oxygens (including phenoxy) is 1. The fourth-order valence-corrected chi connectivity index (χ4v) is 4.01. The van der Waals surface area contributed by atoms with Crippen molar-refractivity contribution in [2.45, 2.75) is 51.7 Å². The Balaban J connectivity index is 1.56. The van der Waals surface area contributed by atoms with Crippen LogP contribution < -0.4 is 4.74 Å². The summed E-state index contributed by atoms with van der Waals surface area (Å²) in [5, 5.41) is 4.60. The van der Waals surface area contributed by atoms with Crippen LogP contribution in [0.4, 0.5) is 0 Å². The lowest BCUT2D eigenvalue weighted by Crippen LogP contribution is -2.12. The van der Waals surface area contributed by atoms with Crippen LogP contribution in [-0.4, -0.2) is 16.1 Å². The van der Waals surface area contributed by atoms with Gasteiger partial charge in [-0.1, -0.05) is 49.6 Å². The first-order valence-electron chi connectivity index (χ1n) is 10.1. The molecule has 0 saturated heterocycles. The molecule has 0 amide bonds. The summed E-state index contributed by atoms with van der Waals surface area (Å²) in [6.07, 6.45) is 11.2. The second-order valence-corrected chi connectivity index (χ2v) is 7.60. The lowest BCUT2D eigenvalue weighted by molar-refractivity contribution is 0.111. The standard InChI is InChI=1S/C24H26N2O2/c1-18-12-20(22-14-25-26(15-22)23-10-6-3-7-11-23)13-21(16-27)24(18)28-17-19-8-4-2-5-9-19/h2,4-5,8-9,12-16,23H,3,6-7,10-11,17H2,1H3. The van der Waals surface area contributed by atoms with Crippen LogP contribution in [0.2, 0.25) is 0 Å². The molecule has 144 valence electrons. The lowest BCUT2D eigenvalue weighted by Gasteiger charge is -2.21. The molecule has 4 rings (SSSR count). The van der Waals surface area contributed by atoms with Gasteiger partial charge in [0.15, 0.2) is 6.29 Å². The van der Waals surface area contributed by atoms with Crippen molar-refractivity contribution in [2.24, 2.45) is 0 Å². The number of aldehydes is 1. The molecule has 0 unspecified atom stereocenters. The summed E-state index contributed by atoms with van der Waals surface area (Å²) in [5.74, 6) is 0.655. The Labute approximate surface area is 166 Å². The van der Waals surface area contributed by atoms with Crippen LogP contribution in [-0.2, 0) is 6.61 Å². The Kier molecular flexibility index (Phi) is 5.56. The van der Waals surface area contributed by atoms with Crippen LogP contribution >= 0.6 is 0 Å². The topological polar surface area (TPSA) is 44.1 Å². The van der Waals surface area contributed by atoms with Crippen molar-refractivity contribution in [3.63, 3.8) is 0 Å². The quantitative estimate of drug-likeness (QED) is 0.516. The normalized spacial score (nSPS) is 14.8. The Hall–Kier alpha value is -2.88. The highest BCUT2D eigenvalue weighted by atomic mass is 16.5. The third-order valence-corrected chi connectivity index (χ3v) is 5.54. The summed E-state index contributed by atoms with van der Waals surface area (Å²) in [4.78, 5) is 11.7. The van der Waals surface area contributed by atoms with Crippen molar-refractivity contribution in [3.8, 4) is 16.9 Å². The molecule has 28 heavy (non-hydrogen) atoms. The number of nitrogens with zero attached hydrogens (tertiary/aromatic N) is 2. The van der Waals surface area contributed by atoms with Crippen molar-refractivity contribution in [3.05, 3.63) is 71.5 Å². The van der Waals surface area contributed by atoms with Crippen molar-refractivity contribution >= 4 is 6.29 Å². The van der Waals surface area contributed by atoms with Crippen molar-refractivity contribution < 1.29 is 9.53 Å². The zero-order chi connectivity index (χ0) is 19.3. The van der Waals surface area contributed by atoms with E-state index in [0.29, 0.717) is 24.0 Å². The molecule has 1 fully saturated rings. The minimum atomic E-state index is 0.446. The molecule has 2 aromatic carbocycles. The number of carbonyl (C=O) groups is 1. The Morgan fingerprint density at radius 3 is 2.64 bits per heavy atom. The first kappa shape index (κ1) is 18.5. The molecule has 0 radical (unpaired) electrons. The van der Waals surface area contributed by atoms with Crippen LogP contribution in [0, 0.1) is 6.92 Å². The highest BCUT2D eigenvalue weighted by Gasteiger charge is 2.17. The molecule has 0 aliphatic heterocycles. The first-order chi connectivity index (χ1) is 13.7. The minimum Gasteiger partial charge on any atom is -0.488 e. The van der Waals surface area contributed by atoms with Gasteiger partial charge in [-0.25, -0.2) is 0 Å². The molecule has 4 nitrogen and oxygen atoms in total. The molecule has 1 saturated carbocycles. The third-order valence-electron chi connectivity index (χ3n) is 5.54. The number of carbonyl (C=O) groups excluding carboxylic acids is 1. The number of hydrogen-bond acceptors (Lipinski definition) is 3. The molecule has 0 bridgehead atoms. The maximum absolute atomic E-state index is 11.7. The van der Waals surface area contributed by atoms with Crippen molar-refractivity contribution in [2.75, 3.05) is 0 Å². The average Bonchev–Trinajstić information content (AvgIpc) is 3.24. The van der Waals surface area contributed by atoms with E-state index in [-0.39, 0.29) is 0 Å². The molecule has 3 aromatic rings. The smallest absolute Gasteiger partial charge is 0.153 e. The van der Waals surface area contributed by atoms with Gasteiger partial charge >= 0.3 is 0 Å². The van der Waals surface area contributed by atoms with Gasteiger partial charge in [0.1, 0.15) is 12.4 Å². The fraction of sp³-hybridized carbons (Fsp3) is 0.333. The highest BCUT2D eigenvalue weighted by Crippen LogP contribution is 2.32. The SMILES string of the molecule is Cc1cc(-c2cnn(C3CCCCC3)c2)cc(C=O)c1OCc1ccccc1. The maximum Gasteiger partial charge on any atom is 0.153 e. The van der Waals surface area contributed by atoms with E-state index >= 15 is 0 Å². The van der Waals surface area contributed by atoms with Gasteiger partial charge in [0.05, 0.1) is 17.8 Å². The molecule has 4 heteroatoms. The van der Waals surface area contributed by atoms with Gasteiger partial charge in [-0.3, -0.25) is 9.48 Å². The van der Waals surface area contributed by atoms with E-state index < -0.39 is 0 Å². The van der Waals surface area contributed by atoms with Crippen LogP contribution in [0.25, 0.3) is 11.1 Å². The molecule has 1 aliphatic rings. The second-order valence-electron chi connectivity index (χ2n) is 7.60. The Morgan fingerprint density at radius 1 is 1.11 bits per heavy atom. The molecular formula is C24H26N2O2. The molecule has 0 spiro atoms. The Morgan fingerprint density at radius 2 is 1.89 bits per heavy atom. The van der Waals surface area contributed by atoms with Gasteiger partial charge in [0.2, 0.25) is 0 Å².